The van der Waals surface area contributed by atoms with E-state index in [4.69, 9.17) is 4.74 Å². The summed E-state index contributed by atoms with van der Waals surface area (Å²) >= 11 is 0.250. The maximum Gasteiger partial charge on any atom is 0.419 e. The minimum Gasteiger partial charge on any atom is -0.483 e. The molecule has 2 aromatic rings. The Morgan fingerprint density at radius 2 is 1.72 bits per heavy atom. The first-order chi connectivity index (χ1) is 11.8. The number of ether oxygens (including phenoxy) is 1. The van der Waals surface area contributed by atoms with E-state index < -0.39 is 35.8 Å². The fraction of sp³-hybridized carbons (Fsp3) is 0.188. The summed E-state index contributed by atoms with van der Waals surface area (Å²) in [6, 6.07) is 10.3. The maximum absolute atomic E-state index is 12.8. The third-order valence-electron chi connectivity index (χ3n) is 2.93. The van der Waals surface area contributed by atoms with Crippen molar-refractivity contribution < 1.29 is 31.5 Å². The van der Waals surface area contributed by atoms with Gasteiger partial charge in [0.2, 0.25) is 0 Å². The molecule has 2 rings (SSSR count). The second kappa shape index (κ2) is 8.19. The van der Waals surface area contributed by atoms with Gasteiger partial charge in [-0.3, -0.25) is 4.79 Å². The van der Waals surface area contributed by atoms with Gasteiger partial charge >= 0.3 is 6.18 Å². The zero-order chi connectivity index (χ0) is 18.4. The van der Waals surface area contributed by atoms with Crippen LogP contribution in [0.4, 0.5) is 27.6 Å². The Hall–Kier alpha value is -2.29. The van der Waals surface area contributed by atoms with Gasteiger partial charge in [-0.25, -0.2) is 0 Å². The zero-order valence-corrected chi connectivity index (χ0v) is 13.3. The van der Waals surface area contributed by atoms with E-state index in [1.807, 2.05) is 0 Å². The Balaban J connectivity index is 2.03. The molecular formula is C16H12F5NO2S. The Bertz CT molecular complexity index is 736. The number of hydrogen-bond acceptors (Lipinski definition) is 3. The van der Waals surface area contributed by atoms with E-state index in [-0.39, 0.29) is 22.3 Å². The molecule has 3 nitrogen and oxygen atoms in total. The standard InChI is InChI=1S/C16H12F5NO2S/c17-15(18)25-13-8-4-2-6-11(13)22-14(23)9-24-12-7-3-1-5-10(12)16(19,20)21/h1-8,15H,9H2,(H,22,23). The molecule has 0 aromatic heterocycles. The van der Waals surface area contributed by atoms with Crippen molar-refractivity contribution in [2.24, 2.45) is 0 Å². The van der Waals surface area contributed by atoms with E-state index in [9.17, 15) is 26.7 Å². The monoisotopic (exact) mass is 377 g/mol. The van der Waals surface area contributed by atoms with E-state index in [1.54, 1.807) is 0 Å². The molecule has 9 heteroatoms. The van der Waals surface area contributed by atoms with Crippen molar-refractivity contribution in [1.29, 1.82) is 0 Å². The molecule has 0 radical (unpaired) electrons. The fourth-order valence-electron chi connectivity index (χ4n) is 1.92. The number of thioether (sulfide) groups is 1. The highest BCUT2D eigenvalue weighted by molar-refractivity contribution is 7.99. The number of amides is 1. The van der Waals surface area contributed by atoms with Crippen molar-refractivity contribution in [1.82, 2.24) is 0 Å². The van der Waals surface area contributed by atoms with Crippen molar-refractivity contribution in [3.63, 3.8) is 0 Å². The quantitative estimate of drug-likeness (QED) is 0.566. The van der Waals surface area contributed by atoms with E-state index >= 15 is 0 Å². The van der Waals surface area contributed by atoms with Crippen LogP contribution in [0.2, 0.25) is 0 Å². The Labute approximate surface area is 144 Å². The molecule has 2 aromatic carbocycles. The van der Waals surface area contributed by atoms with Crippen LogP contribution in [0.1, 0.15) is 5.56 Å². The van der Waals surface area contributed by atoms with Crippen molar-refractivity contribution in [3.8, 4) is 5.75 Å². The molecule has 0 saturated carbocycles. The minimum absolute atomic E-state index is 0.130. The van der Waals surface area contributed by atoms with Gasteiger partial charge in [0.05, 0.1) is 11.3 Å². The number of halogens is 5. The fourth-order valence-corrected chi connectivity index (χ4v) is 2.52. The molecule has 0 heterocycles. The summed E-state index contributed by atoms with van der Waals surface area (Å²) in [6.07, 6.45) is -4.62. The number of carbonyl (C=O) groups excluding carboxylic acids is 1. The van der Waals surface area contributed by atoms with Gasteiger partial charge in [0.15, 0.2) is 6.61 Å². The predicted octanol–water partition coefficient (Wildman–Crippen LogP) is 5.04. The maximum atomic E-state index is 12.8. The molecule has 134 valence electrons. The number of rotatable bonds is 6. The van der Waals surface area contributed by atoms with E-state index in [1.165, 1.54) is 36.4 Å². The van der Waals surface area contributed by atoms with E-state index in [0.29, 0.717) is 0 Å². The van der Waals surface area contributed by atoms with Crippen molar-refractivity contribution in [2.45, 2.75) is 16.8 Å². The molecule has 0 bridgehead atoms. The molecule has 0 aliphatic heterocycles. The predicted molar refractivity (Wildman–Crippen MR) is 83.9 cm³/mol. The van der Waals surface area contributed by atoms with Crippen LogP contribution in [-0.4, -0.2) is 18.3 Å². The molecule has 1 amide bonds. The van der Waals surface area contributed by atoms with Crippen LogP contribution >= 0.6 is 11.8 Å². The summed E-state index contributed by atoms with van der Waals surface area (Å²) in [6.45, 7) is -0.694. The topological polar surface area (TPSA) is 38.3 Å². The van der Waals surface area contributed by atoms with Gasteiger partial charge in [-0.1, -0.05) is 36.0 Å². The highest BCUT2D eigenvalue weighted by atomic mass is 32.2. The summed E-state index contributed by atoms with van der Waals surface area (Å²) in [5.74, 6) is -3.92. The van der Waals surface area contributed by atoms with Gasteiger partial charge in [-0.2, -0.15) is 22.0 Å². The average Bonchev–Trinajstić information content (AvgIpc) is 2.54. The summed E-state index contributed by atoms with van der Waals surface area (Å²) < 4.78 is 68.4. The lowest BCUT2D eigenvalue weighted by atomic mass is 10.2. The number of para-hydroxylation sites is 2. The highest BCUT2D eigenvalue weighted by Gasteiger charge is 2.34. The average molecular weight is 377 g/mol. The van der Waals surface area contributed by atoms with Crippen molar-refractivity contribution in [3.05, 3.63) is 54.1 Å². The van der Waals surface area contributed by atoms with Gasteiger partial charge in [-0.05, 0) is 24.3 Å². The van der Waals surface area contributed by atoms with Crippen LogP contribution in [-0.2, 0) is 11.0 Å². The molecule has 0 aliphatic carbocycles. The van der Waals surface area contributed by atoms with Crippen molar-refractivity contribution in [2.75, 3.05) is 11.9 Å². The van der Waals surface area contributed by atoms with Crippen LogP contribution in [0.3, 0.4) is 0 Å². The van der Waals surface area contributed by atoms with E-state index in [2.05, 4.69) is 5.32 Å². The Kier molecular flexibility index (Phi) is 6.24. The lowest BCUT2D eigenvalue weighted by molar-refractivity contribution is -0.139. The van der Waals surface area contributed by atoms with Crippen molar-refractivity contribution >= 4 is 23.4 Å². The third kappa shape index (κ3) is 5.63. The number of hydrogen-bond donors (Lipinski definition) is 1. The largest absolute Gasteiger partial charge is 0.483 e. The first kappa shape index (κ1) is 19.0. The van der Waals surface area contributed by atoms with Gasteiger partial charge < -0.3 is 10.1 Å². The normalized spacial score (nSPS) is 11.4. The first-order valence-electron chi connectivity index (χ1n) is 6.90. The van der Waals surface area contributed by atoms with Crippen LogP contribution < -0.4 is 10.1 Å². The molecular weight excluding hydrogens is 365 g/mol. The molecule has 0 saturated heterocycles. The number of benzene rings is 2. The SMILES string of the molecule is O=C(COc1ccccc1C(F)(F)F)Nc1ccccc1SC(F)F. The summed E-state index contributed by atoms with van der Waals surface area (Å²) in [7, 11) is 0. The second-order valence-corrected chi connectivity index (χ2v) is 5.74. The lowest BCUT2D eigenvalue weighted by Crippen LogP contribution is -2.21. The molecule has 0 fully saturated rings. The summed E-state index contributed by atoms with van der Waals surface area (Å²) in [5.41, 5.74) is -0.873. The van der Waals surface area contributed by atoms with Gasteiger partial charge in [0.1, 0.15) is 5.75 Å². The second-order valence-electron chi connectivity index (χ2n) is 4.71. The van der Waals surface area contributed by atoms with Crippen LogP contribution in [0, 0.1) is 0 Å². The highest BCUT2D eigenvalue weighted by Crippen LogP contribution is 2.36. The number of alkyl halides is 5. The van der Waals surface area contributed by atoms with E-state index in [0.717, 1.165) is 12.1 Å². The van der Waals surface area contributed by atoms with Gasteiger partial charge in [0, 0.05) is 4.90 Å². The molecule has 0 atom stereocenters. The minimum atomic E-state index is -4.62. The first-order valence-corrected chi connectivity index (χ1v) is 7.78. The molecule has 1 N–H and O–H groups in total. The molecule has 25 heavy (non-hydrogen) atoms. The molecule has 0 aliphatic rings. The van der Waals surface area contributed by atoms with Crippen LogP contribution in [0.5, 0.6) is 5.75 Å². The van der Waals surface area contributed by atoms with Gasteiger partial charge in [0.25, 0.3) is 11.7 Å². The smallest absolute Gasteiger partial charge is 0.419 e. The zero-order valence-electron chi connectivity index (χ0n) is 12.5. The van der Waals surface area contributed by atoms with Crippen LogP contribution in [0.15, 0.2) is 53.4 Å². The number of nitrogens with one attached hydrogen (secondary N) is 1. The summed E-state index contributed by atoms with van der Waals surface area (Å²) in [4.78, 5) is 12.0. The number of carbonyl (C=O) groups is 1. The molecule has 0 unspecified atom stereocenters. The number of anilines is 1. The Morgan fingerprint density at radius 1 is 1.08 bits per heavy atom. The summed E-state index contributed by atoms with van der Waals surface area (Å²) in [5, 5.41) is 2.34. The Morgan fingerprint density at radius 3 is 2.40 bits per heavy atom. The lowest BCUT2D eigenvalue weighted by Gasteiger charge is -2.14. The van der Waals surface area contributed by atoms with Gasteiger partial charge in [-0.15, -0.1) is 0 Å². The molecule has 0 spiro atoms. The third-order valence-corrected chi connectivity index (χ3v) is 3.72. The van der Waals surface area contributed by atoms with Crippen LogP contribution in [0.25, 0.3) is 0 Å².